The third-order valence-corrected chi connectivity index (χ3v) is 5.24. The summed E-state index contributed by atoms with van der Waals surface area (Å²) in [5.74, 6) is 0.685. The van der Waals surface area contributed by atoms with E-state index in [1.54, 1.807) is 13.2 Å². The smallest absolute Gasteiger partial charge is 0.258 e. The molecule has 4 heteroatoms. The Kier molecular flexibility index (Phi) is 5.02. The van der Waals surface area contributed by atoms with Crippen molar-refractivity contribution >= 4 is 17.3 Å². The highest BCUT2D eigenvalue weighted by atomic mass is 16.5. The average Bonchev–Trinajstić information content (AvgIpc) is 2.74. The highest BCUT2D eigenvalue weighted by molar-refractivity contribution is 6.07. The zero-order valence-corrected chi connectivity index (χ0v) is 16.1. The number of para-hydroxylation sites is 2. The summed E-state index contributed by atoms with van der Waals surface area (Å²) in [7, 11) is 1.61. The van der Waals surface area contributed by atoms with Gasteiger partial charge in [0.15, 0.2) is 0 Å². The Morgan fingerprint density at radius 3 is 2.54 bits per heavy atom. The number of amides is 1. The predicted molar refractivity (Wildman–Crippen MR) is 113 cm³/mol. The molecule has 0 bridgehead atoms. The molecule has 4 nitrogen and oxygen atoms in total. The molecule has 1 heterocycles. The molecule has 0 spiro atoms. The maximum Gasteiger partial charge on any atom is 0.258 e. The van der Waals surface area contributed by atoms with Gasteiger partial charge in [0.25, 0.3) is 5.91 Å². The summed E-state index contributed by atoms with van der Waals surface area (Å²) in [6.45, 7) is 2.10. The van der Waals surface area contributed by atoms with E-state index in [4.69, 9.17) is 4.74 Å². The van der Waals surface area contributed by atoms with Crippen LogP contribution in [0.15, 0.2) is 78.9 Å². The number of fused-ring (bicyclic) bond motifs is 1. The molecule has 0 unspecified atom stereocenters. The molecule has 0 fully saturated rings. The maximum absolute atomic E-state index is 13.4. The van der Waals surface area contributed by atoms with Gasteiger partial charge in [0.05, 0.1) is 13.2 Å². The first-order valence-corrected chi connectivity index (χ1v) is 9.55. The van der Waals surface area contributed by atoms with Crippen molar-refractivity contribution in [1.29, 1.82) is 0 Å². The minimum Gasteiger partial charge on any atom is -0.497 e. The van der Waals surface area contributed by atoms with Crippen molar-refractivity contribution in [1.82, 2.24) is 0 Å². The van der Waals surface area contributed by atoms with E-state index in [-0.39, 0.29) is 18.0 Å². The quantitative estimate of drug-likeness (QED) is 0.677. The van der Waals surface area contributed by atoms with Gasteiger partial charge in [0.1, 0.15) is 5.75 Å². The Labute approximate surface area is 165 Å². The van der Waals surface area contributed by atoms with Gasteiger partial charge in [-0.3, -0.25) is 4.79 Å². The highest BCUT2D eigenvalue weighted by Gasteiger charge is 2.34. The van der Waals surface area contributed by atoms with Crippen molar-refractivity contribution in [3.63, 3.8) is 0 Å². The fourth-order valence-corrected chi connectivity index (χ4v) is 3.89. The van der Waals surface area contributed by atoms with E-state index in [9.17, 15) is 4.79 Å². The Morgan fingerprint density at radius 2 is 1.75 bits per heavy atom. The first-order chi connectivity index (χ1) is 13.7. The van der Waals surface area contributed by atoms with Crippen molar-refractivity contribution in [2.75, 3.05) is 17.3 Å². The van der Waals surface area contributed by atoms with Crippen LogP contribution in [0.3, 0.4) is 0 Å². The lowest BCUT2D eigenvalue weighted by Gasteiger charge is -2.40. The van der Waals surface area contributed by atoms with E-state index in [2.05, 4.69) is 30.4 Å². The highest BCUT2D eigenvalue weighted by Crippen LogP contribution is 2.39. The van der Waals surface area contributed by atoms with Crippen molar-refractivity contribution in [2.24, 2.45) is 0 Å². The summed E-state index contributed by atoms with van der Waals surface area (Å²) in [5.41, 5.74) is 3.82. The summed E-state index contributed by atoms with van der Waals surface area (Å²) < 4.78 is 5.29. The Hall–Kier alpha value is -3.27. The van der Waals surface area contributed by atoms with Crippen LogP contribution in [0.4, 0.5) is 11.4 Å². The SMILES string of the molecule is COc1cccc(C(=O)N2c3ccccc3[C@H](Nc3ccccc3)C[C@H]2C)c1. The number of nitrogens with one attached hydrogen (secondary N) is 1. The maximum atomic E-state index is 13.4. The minimum atomic E-state index is -0.00277. The second-order valence-electron chi connectivity index (χ2n) is 7.11. The second-order valence-corrected chi connectivity index (χ2v) is 7.11. The summed E-state index contributed by atoms with van der Waals surface area (Å²) in [5, 5.41) is 3.63. The lowest BCUT2D eigenvalue weighted by Crippen LogP contribution is -2.44. The normalized spacial score (nSPS) is 18.3. The number of carbonyl (C=O) groups excluding carboxylic acids is 1. The topological polar surface area (TPSA) is 41.6 Å². The molecule has 0 aromatic heterocycles. The number of benzene rings is 3. The van der Waals surface area contributed by atoms with E-state index in [1.165, 1.54) is 0 Å². The standard InChI is InChI=1S/C24H24N2O2/c1-17-15-22(25-19-10-4-3-5-11-19)21-13-6-7-14-23(21)26(17)24(27)18-9-8-12-20(16-18)28-2/h3-14,16-17,22,25H,15H2,1-2H3/t17-,22-/m1/s1. The van der Waals surface area contributed by atoms with E-state index >= 15 is 0 Å². The number of nitrogens with zero attached hydrogens (tertiary/aromatic N) is 1. The van der Waals surface area contributed by atoms with Crippen molar-refractivity contribution in [3.05, 3.63) is 90.0 Å². The molecule has 0 saturated heterocycles. The van der Waals surface area contributed by atoms with Crippen LogP contribution in [0.5, 0.6) is 5.75 Å². The molecule has 0 aliphatic carbocycles. The van der Waals surface area contributed by atoms with Crippen LogP contribution in [0.25, 0.3) is 0 Å². The molecule has 1 aliphatic heterocycles. The molecule has 1 aliphatic rings. The molecule has 4 rings (SSSR count). The Bertz CT molecular complexity index is 971. The van der Waals surface area contributed by atoms with E-state index in [0.29, 0.717) is 11.3 Å². The summed E-state index contributed by atoms with van der Waals surface area (Å²) in [4.78, 5) is 15.3. The van der Waals surface area contributed by atoms with Gasteiger partial charge in [-0.05, 0) is 55.3 Å². The molecule has 0 radical (unpaired) electrons. The molecule has 1 N–H and O–H groups in total. The summed E-state index contributed by atoms with van der Waals surface area (Å²) >= 11 is 0. The van der Waals surface area contributed by atoms with Gasteiger partial charge in [-0.25, -0.2) is 0 Å². The average molecular weight is 372 g/mol. The molecule has 142 valence electrons. The number of methoxy groups -OCH3 is 1. The Morgan fingerprint density at radius 1 is 1.00 bits per heavy atom. The Balaban J connectivity index is 1.68. The molecule has 3 aromatic rings. The number of rotatable bonds is 4. The lowest BCUT2D eigenvalue weighted by atomic mass is 9.90. The summed E-state index contributed by atoms with van der Waals surface area (Å²) in [6, 6.07) is 25.9. The van der Waals surface area contributed by atoms with Gasteiger partial charge < -0.3 is 15.0 Å². The molecular weight excluding hydrogens is 348 g/mol. The van der Waals surface area contributed by atoms with Crippen LogP contribution in [-0.2, 0) is 0 Å². The predicted octanol–water partition coefficient (Wildman–Crippen LogP) is 5.29. The number of carbonyl (C=O) groups is 1. The molecule has 28 heavy (non-hydrogen) atoms. The number of anilines is 2. The van der Waals surface area contributed by atoms with Crippen LogP contribution in [0.2, 0.25) is 0 Å². The van der Waals surface area contributed by atoms with Gasteiger partial charge >= 0.3 is 0 Å². The van der Waals surface area contributed by atoms with Crippen LogP contribution < -0.4 is 15.0 Å². The fraction of sp³-hybridized carbons (Fsp3) is 0.208. The zero-order chi connectivity index (χ0) is 19.5. The first-order valence-electron chi connectivity index (χ1n) is 9.55. The number of hydrogen-bond donors (Lipinski definition) is 1. The molecule has 0 saturated carbocycles. The zero-order valence-electron chi connectivity index (χ0n) is 16.1. The molecule has 1 amide bonds. The van der Waals surface area contributed by atoms with Crippen LogP contribution in [0, 0.1) is 0 Å². The third-order valence-electron chi connectivity index (χ3n) is 5.24. The second kappa shape index (κ2) is 7.77. The van der Waals surface area contributed by atoms with Crippen molar-refractivity contribution < 1.29 is 9.53 Å². The van der Waals surface area contributed by atoms with Crippen LogP contribution in [0.1, 0.15) is 35.3 Å². The van der Waals surface area contributed by atoms with Crippen LogP contribution >= 0.6 is 0 Å². The van der Waals surface area contributed by atoms with Gasteiger partial charge in [0.2, 0.25) is 0 Å². The van der Waals surface area contributed by atoms with Gasteiger partial charge in [-0.15, -0.1) is 0 Å². The van der Waals surface area contributed by atoms with Crippen molar-refractivity contribution in [3.8, 4) is 5.75 Å². The first kappa shape index (κ1) is 18.1. The van der Waals surface area contributed by atoms with Gasteiger partial charge in [-0.2, -0.15) is 0 Å². The van der Waals surface area contributed by atoms with Gasteiger partial charge in [-0.1, -0.05) is 42.5 Å². The molecule has 3 aromatic carbocycles. The molecule has 2 atom stereocenters. The van der Waals surface area contributed by atoms with Crippen LogP contribution in [-0.4, -0.2) is 19.1 Å². The number of ether oxygens (including phenoxy) is 1. The third kappa shape index (κ3) is 3.46. The summed E-state index contributed by atoms with van der Waals surface area (Å²) in [6.07, 6.45) is 0.835. The fourth-order valence-electron chi connectivity index (χ4n) is 3.89. The van der Waals surface area contributed by atoms with E-state index in [0.717, 1.165) is 23.4 Å². The lowest BCUT2D eigenvalue weighted by molar-refractivity contribution is 0.0974. The van der Waals surface area contributed by atoms with Crippen molar-refractivity contribution in [2.45, 2.75) is 25.4 Å². The van der Waals surface area contributed by atoms with E-state index in [1.807, 2.05) is 59.5 Å². The number of hydrogen-bond acceptors (Lipinski definition) is 3. The largest absolute Gasteiger partial charge is 0.497 e. The minimum absolute atomic E-state index is 0.00277. The molecular formula is C24H24N2O2. The van der Waals surface area contributed by atoms with Gasteiger partial charge in [0, 0.05) is 23.0 Å². The van der Waals surface area contributed by atoms with E-state index < -0.39 is 0 Å². The monoisotopic (exact) mass is 372 g/mol.